The lowest BCUT2D eigenvalue weighted by Crippen LogP contribution is -2.11. The maximum Gasteiger partial charge on any atom is 0.227 e. The summed E-state index contributed by atoms with van der Waals surface area (Å²) in [7, 11) is 0. The largest absolute Gasteiger partial charge is 0.436 e. The van der Waals surface area contributed by atoms with E-state index in [1.54, 1.807) is 0 Å². The van der Waals surface area contributed by atoms with Crippen molar-refractivity contribution in [1.82, 2.24) is 4.98 Å². The van der Waals surface area contributed by atoms with E-state index in [0.29, 0.717) is 12.3 Å². The van der Waals surface area contributed by atoms with E-state index in [4.69, 9.17) is 4.42 Å². The first kappa shape index (κ1) is 19.3. The van der Waals surface area contributed by atoms with Crippen molar-refractivity contribution in [2.45, 2.75) is 18.6 Å². The number of nitrogens with zero attached hydrogens (tertiary/aromatic N) is 1. The number of aromatic nitrogens is 1. The Bertz CT molecular complexity index is 1060. The number of nitrogens with one attached hydrogen (secondary N) is 1. The Morgan fingerprint density at radius 3 is 2.66 bits per heavy atom. The van der Waals surface area contributed by atoms with E-state index in [2.05, 4.69) is 34.6 Å². The highest BCUT2D eigenvalue weighted by molar-refractivity contribution is 7.98. The molecule has 0 unspecified atom stereocenters. The zero-order valence-electron chi connectivity index (χ0n) is 16.0. The third-order valence-electron chi connectivity index (χ3n) is 4.49. The molecule has 1 heterocycles. The summed E-state index contributed by atoms with van der Waals surface area (Å²) in [6.07, 6.45) is 1.36. The highest BCUT2D eigenvalue weighted by Crippen LogP contribution is 2.26. The Kier molecular flexibility index (Phi) is 6.27. The van der Waals surface area contributed by atoms with Crippen molar-refractivity contribution < 1.29 is 9.21 Å². The number of para-hydroxylation sites is 2. The van der Waals surface area contributed by atoms with Crippen LogP contribution in [0, 0.1) is 0 Å². The maximum absolute atomic E-state index is 12.3. The van der Waals surface area contributed by atoms with Crippen LogP contribution in [0.2, 0.25) is 0 Å². The SMILES string of the molecule is O=C(CCCSCc1ccccc1)Nc1cccc(-c2nc3ccccc3o2)c1. The lowest BCUT2D eigenvalue weighted by Gasteiger charge is -2.06. The Morgan fingerprint density at radius 1 is 0.966 bits per heavy atom. The number of benzene rings is 3. The van der Waals surface area contributed by atoms with Gasteiger partial charge in [0, 0.05) is 23.4 Å². The van der Waals surface area contributed by atoms with Crippen LogP contribution in [0.1, 0.15) is 18.4 Å². The fraction of sp³-hybridized carbons (Fsp3) is 0.167. The second kappa shape index (κ2) is 9.43. The van der Waals surface area contributed by atoms with Crippen LogP contribution in [0.5, 0.6) is 0 Å². The number of carbonyl (C=O) groups is 1. The van der Waals surface area contributed by atoms with Crippen molar-refractivity contribution in [3.8, 4) is 11.5 Å². The van der Waals surface area contributed by atoms with Gasteiger partial charge in [-0.1, -0.05) is 48.5 Å². The molecule has 0 aliphatic carbocycles. The number of hydrogen-bond donors (Lipinski definition) is 1. The average Bonchev–Trinajstić information content (AvgIpc) is 3.19. The molecular weight excluding hydrogens is 380 g/mol. The van der Waals surface area contributed by atoms with E-state index < -0.39 is 0 Å². The molecule has 0 atom stereocenters. The van der Waals surface area contributed by atoms with Crippen LogP contribution in [0.3, 0.4) is 0 Å². The van der Waals surface area contributed by atoms with Gasteiger partial charge in [0.25, 0.3) is 0 Å². The molecule has 1 amide bonds. The highest BCUT2D eigenvalue weighted by Gasteiger charge is 2.09. The fourth-order valence-corrected chi connectivity index (χ4v) is 3.97. The first-order valence-corrected chi connectivity index (χ1v) is 10.8. The summed E-state index contributed by atoms with van der Waals surface area (Å²) in [5, 5.41) is 2.98. The van der Waals surface area contributed by atoms with Crippen LogP contribution in [0.15, 0.2) is 83.3 Å². The van der Waals surface area contributed by atoms with Gasteiger partial charge >= 0.3 is 0 Å². The van der Waals surface area contributed by atoms with Crippen LogP contribution in [0.4, 0.5) is 5.69 Å². The van der Waals surface area contributed by atoms with Gasteiger partial charge < -0.3 is 9.73 Å². The van der Waals surface area contributed by atoms with Crippen molar-refractivity contribution in [3.63, 3.8) is 0 Å². The van der Waals surface area contributed by atoms with Crippen molar-refractivity contribution in [3.05, 3.63) is 84.4 Å². The number of rotatable bonds is 8. The summed E-state index contributed by atoms with van der Waals surface area (Å²) in [6, 6.07) is 25.7. The molecule has 0 aliphatic heterocycles. The number of thioether (sulfide) groups is 1. The molecule has 0 saturated carbocycles. The first-order valence-electron chi connectivity index (χ1n) is 9.65. The first-order chi connectivity index (χ1) is 14.3. The molecule has 5 heteroatoms. The molecule has 0 radical (unpaired) electrons. The Labute approximate surface area is 174 Å². The normalized spacial score (nSPS) is 10.9. The molecule has 29 heavy (non-hydrogen) atoms. The standard InChI is InChI=1S/C24H22N2O2S/c27-23(14-7-15-29-17-18-8-2-1-3-9-18)25-20-11-6-10-19(16-20)24-26-21-12-4-5-13-22(21)28-24/h1-6,8-13,16H,7,14-15,17H2,(H,25,27). The van der Waals surface area contributed by atoms with Gasteiger partial charge in [0.05, 0.1) is 0 Å². The molecule has 1 N–H and O–H groups in total. The van der Waals surface area contributed by atoms with Crippen LogP contribution >= 0.6 is 11.8 Å². The molecule has 0 aliphatic rings. The Morgan fingerprint density at radius 2 is 1.79 bits per heavy atom. The number of hydrogen-bond acceptors (Lipinski definition) is 4. The minimum absolute atomic E-state index is 0.0278. The highest BCUT2D eigenvalue weighted by atomic mass is 32.2. The monoisotopic (exact) mass is 402 g/mol. The van der Waals surface area contributed by atoms with Gasteiger partial charge in [-0.15, -0.1) is 0 Å². The van der Waals surface area contributed by atoms with Gasteiger partial charge in [-0.3, -0.25) is 4.79 Å². The fourth-order valence-electron chi connectivity index (χ4n) is 3.05. The van der Waals surface area contributed by atoms with E-state index in [9.17, 15) is 4.79 Å². The van der Waals surface area contributed by atoms with Gasteiger partial charge in [-0.25, -0.2) is 4.98 Å². The summed E-state index contributed by atoms with van der Waals surface area (Å²) >= 11 is 1.86. The molecule has 3 aromatic carbocycles. The second-order valence-electron chi connectivity index (χ2n) is 6.76. The van der Waals surface area contributed by atoms with Crippen LogP contribution in [-0.4, -0.2) is 16.6 Å². The van der Waals surface area contributed by atoms with E-state index in [0.717, 1.165) is 40.3 Å². The molecule has 0 bridgehead atoms. The van der Waals surface area contributed by atoms with Gasteiger partial charge in [-0.05, 0) is 48.1 Å². The minimum atomic E-state index is 0.0278. The topological polar surface area (TPSA) is 55.1 Å². The molecular formula is C24H22N2O2S. The summed E-state index contributed by atoms with van der Waals surface area (Å²) < 4.78 is 5.82. The van der Waals surface area contributed by atoms with E-state index in [1.807, 2.05) is 66.4 Å². The predicted molar refractivity (Wildman–Crippen MR) is 120 cm³/mol. The Balaban J connectivity index is 1.28. The molecule has 0 spiro atoms. The molecule has 0 fully saturated rings. The van der Waals surface area contributed by atoms with Crippen molar-refractivity contribution in [1.29, 1.82) is 0 Å². The third-order valence-corrected chi connectivity index (χ3v) is 5.61. The van der Waals surface area contributed by atoms with Crippen LogP contribution < -0.4 is 5.32 Å². The molecule has 4 aromatic rings. The van der Waals surface area contributed by atoms with Crippen molar-refractivity contribution in [2.75, 3.05) is 11.1 Å². The molecule has 4 rings (SSSR count). The Hall–Kier alpha value is -3.05. The van der Waals surface area contributed by atoms with Crippen molar-refractivity contribution in [2.24, 2.45) is 0 Å². The molecule has 4 nitrogen and oxygen atoms in total. The lowest BCUT2D eigenvalue weighted by atomic mass is 10.2. The number of carbonyl (C=O) groups excluding carboxylic acids is 1. The van der Waals surface area contributed by atoms with Crippen LogP contribution in [-0.2, 0) is 10.5 Å². The van der Waals surface area contributed by atoms with Gasteiger partial charge in [0.15, 0.2) is 5.58 Å². The van der Waals surface area contributed by atoms with E-state index in [-0.39, 0.29) is 5.91 Å². The smallest absolute Gasteiger partial charge is 0.227 e. The minimum Gasteiger partial charge on any atom is -0.436 e. The van der Waals surface area contributed by atoms with Crippen molar-refractivity contribution >= 4 is 34.5 Å². The van der Waals surface area contributed by atoms with Gasteiger partial charge in [-0.2, -0.15) is 11.8 Å². The second-order valence-corrected chi connectivity index (χ2v) is 7.86. The average molecular weight is 403 g/mol. The third kappa shape index (κ3) is 5.27. The van der Waals surface area contributed by atoms with E-state index in [1.165, 1.54) is 5.56 Å². The lowest BCUT2D eigenvalue weighted by molar-refractivity contribution is -0.116. The zero-order valence-corrected chi connectivity index (χ0v) is 16.8. The maximum atomic E-state index is 12.3. The molecule has 0 saturated heterocycles. The molecule has 1 aromatic heterocycles. The predicted octanol–water partition coefficient (Wildman–Crippen LogP) is 6.15. The zero-order chi connectivity index (χ0) is 19.9. The van der Waals surface area contributed by atoms with Gasteiger partial charge in [0.1, 0.15) is 5.52 Å². The summed E-state index contributed by atoms with van der Waals surface area (Å²) in [5.41, 5.74) is 4.50. The summed E-state index contributed by atoms with van der Waals surface area (Å²) in [4.78, 5) is 16.8. The summed E-state index contributed by atoms with van der Waals surface area (Å²) in [5.74, 6) is 2.53. The quantitative estimate of drug-likeness (QED) is 0.359. The number of anilines is 1. The summed E-state index contributed by atoms with van der Waals surface area (Å²) in [6.45, 7) is 0. The number of amides is 1. The van der Waals surface area contributed by atoms with Crippen LogP contribution in [0.25, 0.3) is 22.6 Å². The molecule has 146 valence electrons. The van der Waals surface area contributed by atoms with Gasteiger partial charge in [0.2, 0.25) is 11.8 Å². The number of oxazole rings is 1. The van der Waals surface area contributed by atoms with E-state index >= 15 is 0 Å². The number of fused-ring (bicyclic) bond motifs is 1.